The minimum absolute atomic E-state index is 0.144. The number of esters is 1. The van der Waals surface area contributed by atoms with Crippen LogP contribution < -0.4 is 5.32 Å². The number of ether oxygens (including phenoxy) is 1. The van der Waals surface area contributed by atoms with E-state index in [1.165, 1.54) is 17.3 Å². The van der Waals surface area contributed by atoms with Crippen LogP contribution in [-0.4, -0.2) is 38.5 Å². The van der Waals surface area contributed by atoms with Gasteiger partial charge in [-0.3, -0.25) is 4.79 Å². The molecule has 0 spiro atoms. The van der Waals surface area contributed by atoms with Crippen molar-refractivity contribution >= 4 is 29.3 Å². The molecule has 1 amide bonds. The molecule has 3 aromatic rings. The largest absolute Gasteiger partial charge is 0.459 e. The van der Waals surface area contributed by atoms with Gasteiger partial charge in [0.15, 0.2) is 5.16 Å². The first-order valence-electron chi connectivity index (χ1n) is 10.7. The highest BCUT2D eigenvalue weighted by Gasteiger charge is 2.30. The number of hydrogen-bond acceptors (Lipinski definition) is 6. The molecule has 0 saturated heterocycles. The van der Waals surface area contributed by atoms with Crippen LogP contribution in [0.3, 0.4) is 0 Å². The maximum atomic E-state index is 12.5. The van der Waals surface area contributed by atoms with E-state index in [4.69, 9.17) is 4.74 Å². The number of amides is 1. The predicted octanol–water partition coefficient (Wildman–Crippen LogP) is 4.50. The standard InChI is InChI=1S/C24H26N4O3S/c1-16(2)31-23(30)19-10-12-20(13-11-19)25-21(29)15-32-24-27-26-22(18-8-9-18)28(24)14-17-6-4-3-5-7-17/h3-7,10-13,16,18H,8-9,14-15H2,1-2H3,(H,25,29). The average molecular weight is 451 g/mol. The highest BCUT2D eigenvalue weighted by molar-refractivity contribution is 7.99. The van der Waals surface area contributed by atoms with Crippen molar-refractivity contribution in [2.45, 2.75) is 50.4 Å². The lowest BCUT2D eigenvalue weighted by molar-refractivity contribution is -0.113. The quantitative estimate of drug-likeness (QED) is 0.382. The molecular formula is C24H26N4O3S. The number of aromatic nitrogens is 3. The van der Waals surface area contributed by atoms with Gasteiger partial charge in [0.2, 0.25) is 5.91 Å². The normalized spacial score (nSPS) is 13.2. The van der Waals surface area contributed by atoms with Crippen LogP contribution in [0.25, 0.3) is 0 Å². The number of carbonyl (C=O) groups is 2. The first kappa shape index (κ1) is 22.1. The maximum Gasteiger partial charge on any atom is 0.338 e. The SMILES string of the molecule is CC(C)OC(=O)c1ccc(NC(=O)CSc2nnc(C3CC3)n2Cc2ccccc2)cc1. The van der Waals surface area contributed by atoms with E-state index >= 15 is 0 Å². The van der Waals surface area contributed by atoms with Gasteiger partial charge in [-0.05, 0) is 56.5 Å². The minimum Gasteiger partial charge on any atom is -0.459 e. The number of hydrogen-bond donors (Lipinski definition) is 1. The molecule has 32 heavy (non-hydrogen) atoms. The Morgan fingerprint density at radius 3 is 2.47 bits per heavy atom. The fourth-order valence-electron chi connectivity index (χ4n) is 3.26. The van der Waals surface area contributed by atoms with Crippen molar-refractivity contribution in [3.05, 3.63) is 71.5 Å². The Balaban J connectivity index is 1.36. The van der Waals surface area contributed by atoms with Gasteiger partial charge >= 0.3 is 5.97 Å². The molecule has 166 valence electrons. The summed E-state index contributed by atoms with van der Waals surface area (Å²) in [6.07, 6.45) is 2.10. The van der Waals surface area contributed by atoms with Crippen molar-refractivity contribution in [2.75, 3.05) is 11.1 Å². The summed E-state index contributed by atoms with van der Waals surface area (Å²) in [7, 11) is 0. The van der Waals surface area contributed by atoms with Gasteiger partial charge in [0.25, 0.3) is 0 Å². The average Bonchev–Trinajstić information content (AvgIpc) is 3.54. The van der Waals surface area contributed by atoms with E-state index in [9.17, 15) is 9.59 Å². The van der Waals surface area contributed by atoms with Gasteiger partial charge in [-0.15, -0.1) is 10.2 Å². The third-order valence-corrected chi connectivity index (χ3v) is 5.92. The molecule has 1 aliphatic rings. The fourth-order valence-corrected chi connectivity index (χ4v) is 4.01. The molecule has 1 saturated carbocycles. The van der Waals surface area contributed by atoms with E-state index < -0.39 is 0 Å². The molecule has 2 aromatic carbocycles. The zero-order valence-electron chi connectivity index (χ0n) is 18.2. The predicted molar refractivity (Wildman–Crippen MR) is 124 cm³/mol. The molecule has 1 heterocycles. The first-order chi connectivity index (χ1) is 15.5. The molecule has 8 heteroatoms. The monoisotopic (exact) mass is 450 g/mol. The summed E-state index contributed by atoms with van der Waals surface area (Å²) < 4.78 is 7.30. The summed E-state index contributed by atoms with van der Waals surface area (Å²) in [6.45, 7) is 4.30. The molecule has 0 atom stereocenters. The van der Waals surface area contributed by atoms with Crippen molar-refractivity contribution in [1.82, 2.24) is 14.8 Å². The lowest BCUT2D eigenvalue weighted by atomic mass is 10.2. The van der Waals surface area contributed by atoms with Gasteiger partial charge in [0.1, 0.15) is 5.82 Å². The van der Waals surface area contributed by atoms with E-state index in [1.54, 1.807) is 38.1 Å². The Morgan fingerprint density at radius 1 is 1.09 bits per heavy atom. The van der Waals surface area contributed by atoms with Crippen molar-refractivity contribution < 1.29 is 14.3 Å². The smallest absolute Gasteiger partial charge is 0.338 e. The van der Waals surface area contributed by atoms with E-state index in [0.29, 0.717) is 23.7 Å². The highest BCUT2D eigenvalue weighted by atomic mass is 32.2. The topological polar surface area (TPSA) is 86.1 Å². The van der Waals surface area contributed by atoms with Crippen LogP contribution >= 0.6 is 11.8 Å². The third-order valence-electron chi connectivity index (χ3n) is 4.95. The minimum atomic E-state index is -0.377. The molecule has 1 aromatic heterocycles. The molecule has 7 nitrogen and oxygen atoms in total. The van der Waals surface area contributed by atoms with Gasteiger partial charge in [-0.2, -0.15) is 0 Å². The molecule has 1 fully saturated rings. The number of nitrogens with one attached hydrogen (secondary N) is 1. The number of thioether (sulfide) groups is 1. The van der Waals surface area contributed by atoms with E-state index in [-0.39, 0.29) is 23.7 Å². The van der Waals surface area contributed by atoms with Crippen molar-refractivity contribution in [1.29, 1.82) is 0 Å². The van der Waals surface area contributed by atoms with Gasteiger partial charge in [0.05, 0.1) is 24.0 Å². The summed E-state index contributed by atoms with van der Waals surface area (Å²) in [6, 6.07) is 16.9. The molecule has 4 rings (SSSR count). The van der Waals surface area contributed by atoms with Crippen LogP contribution in [0.4, 0.5) is 5.69 Å². The molecular weight excluding hydrogens is 424 g/mol. The van der Waals surface area contributed by atoms with Crippen LogP contribution in [0.15, 0.2) is 59.8 Å². The van der Waals surface area contributed by atoms with Gasteiger partial charge in [0, 0.05) is 11.6 Å². The van der Waals surface area contributed by atoms with E-state index in [1.807, 2.05) is 18.2 Å². The Kier molecular flexibility index (Phi) is 6.90. The molecule has 1 N–H and O–H groups in total. The van der Waals surface area contributed by atoms with Gasteiger partial charge in [-0.1, -0.05) is 42.1 Å². The maximum absolute atomic E-state index is 12.5. The van der Waals surface area contributed by atoms with Gasteiger partial charge in [-0.25, -0.2) is 4.79 Å². The summed E-state index contributed by atoms with van der Waals surface area (Å²) in [5, 5.41) is 12.4. The second-order valence-corrected chi connectivity index (χ2v) is 9.00. The fraction of sp³-hybridized carbons (Fsp3) is 0.333. The van der Waals surface area contributed by atoms with Crippen LogP contribution in [0.2, 0.25) is 0 Å². The van der Waals surface area contributed by atoms with Crippen molar-refractivity contribution in [2.24, 2.45) is 0 Å². The highest BCUT2D eigenvalue weighted by Crippen LogP contribution is 2.40. The molecule has 0 aliphatic heterocycles. The Morgan fingerprint density at radius 2 is 1.81 bits per heavy atom. The number of rotatable bonds is 9. The summed E-state index contributed by atoms with van der Waals surface area (Å²) in [5.41, 5.74) is 2.25. The van der Waals surface area contributed by atoms with Crippen molar-refractivity contribution in [3.63, 3.8) is 0 Å². The molecule has 0 unspecified atom stereocenters. The number of carbonyl (C=O) groups excluding carboxylic acids is 2. The number of nitrogens with zero attached hydrogens (tertiary/aromatic N) is 3. The van der Waals surface area contributed by atoms with Crippen molar-refractivity contribution in [3.8, 4) is 0 Å². The van der Waals surface area contributed by atoms with Crippen LogP contribution in [-0.2, 0) is 16.1 Å². The zero-order valence-corrected chi connectivity index (χ0v) is 19.0. The Labute approximate surface area is 191 Å². The van der Waals surface area contributed by atoms with E-state index in [0.717, 1.165) is 23.8 Å². The van der Waals surface area contributed by atoms with Crippen LogP contribution in [0.5, 0.6) is 0 Å². The van der Waals surface area contributed by atoms with Crippen LogP contribution in [0.1, 0.15) is 54.4 Å². The lowest BCUT2D eigenvalue weighted by Gasteiger charge is -2.10. The summed E-state index contributed by atoms with van der Waals surface area (Å²) in [5.74, 6) is 1.16. The molecule has 0 bridgehead atoms. The Bertz CT molecular complexity index is 1080. The summed E-state index contributed by atoms with van der Waals surface area (Å²) in [4.78, 5) is 24.4. The second kappa shape index (κ2) is 9.99. The second-order valence-electron chi connectivity index (χ2n) is 8.06. The van der Waals surface area contributed by atoms with Crippen LogP contribution in [0, 0.1) is 0 Å². The van der Waals surface area contributed by atoms with E-state index in [2.05, 4.69) is 32.2 Å². The zero-order chi connectivity index (χ0) is 22.5. The number of anilines is 1. The third kappa shape index (κ3) is 5.76. The Hall–Kier alpha value is -3.13. The molecule has 0 radical (unpaired) electrons. The molecule has 1 aliphatic carbocycles. The van der Waals surface area contributed by atoms with Gasteiger partial charge < -0.3 is 14.6 Å². The summed E-state index contributed by atoms with van der Waals surface area (Å²) >= 11 is 1.38. The lowest BCUT2D eigenvalue weighted by Crippen LogP contribution is -2.15. The number of benzene rings is 2. The first-order valence-corrected chi connectivity index (χ1v) is 11.7.